The smallest absolute Gasteiger partial charge is 0.161 e. The SMILES string of the molecule is BC1=CCC(c2ccc(C/N=C(\N=C(/N=C)c3ccc4ccccc4c3)c3ccc4ccccc4c3)cn2)C=C1. The fourth-order valence-electron chi connectivity index (χ4n) is 5.00. The molecule has 192 valence electrons. The Bertz CT molecular complexity index is 1830. The quantitative estimate of drug-likeness (QED) is 0.140. The number of amidine groups is 2. The van der Waals surface area contributed by atoms with Gasteiger partial charge in [-0.15, -0.1) is 0 Å². The van der Waals surface area contributed by atoms with Gasteiger partial charge in [0.2, 0.25) is 0 Å². The number of aliphatic imine (C=N–C) groups is 3. The van der Waals surface area contributed by atoms with E-state index in [0.29, 0.717) is 24.1 Å². The third kappa shape index (κ3) is 5.59. The van der Waals surface area contributed by atoms with Crippen molar-refractivity contribution < 1.29 is 0 Å². The summed E-state index contributed by atoms with van der Waals surface area (Å²) in [5.74, 6) is 1.47. The molecule has 1 aromatic heterocycles. The summed E-state index contributed by atoms with van der Waals surface area (Å²) >= 11 is 0. The highest BCUT2D eigenvalue weighted by Crippen LogP contribution is 2.25. The fourth-order valence-corrected chi connectivity index (χ4v) is 5.00. The number of pyridine rings is 1. The van der Waals surface area contributed by atoms with Gasteiger partial charge in [-0.1, -0.05) is 103 Å². The Hall–Kier alpha value is -4.90. The Labute approximate surface area is 235 Å². The summed E-state index contributed by atoms with van der Waals surface area (Å²) in [5, 5.41) is 4.61. The molecule has 1 heterocycles. The fraction of sp³-hybridized carbons (Fsp3) is 0.0857. The highest BCUT2D eigenvalue weighted by Gasteiger charge is 2.12. The number of rotatable bonds is 5. The van der Waals surface area contributed by atoms with Crippen LogP contribution in [0.4, 0.5) is 0 Å². The van der Waals surface area contributed by atoms with Crippen LogP contribution in [0.1, 0.15) is 34.7 Å². The molecule has 5 heteroatoms. The van der Waals surface area contributed by atoms with Crippen LogP contribution in [0.2, 0.25) is 0 Å². The third-order valence-electron chi connectivity index (χ3n) is 7.30. The topological polar surface area (TPSA) is 50.0 Å². The van der Waals surface area contributed by atoms with Crippen molar-refractivity contribution in [2.45, 2.75) is 18.9 Å². The first-order valence-electron chi connectivity index (χ1n) is 13.5. The number of nitrogens with zero attached hydrogens (tertiary/aromatic N) is 4. The van der Waals surface area contributed by atoms with E-state index in [1.807, 2.05) is 36.5 Å². The molecule has 0 saturated heterocycles. The lowest BCUT2D eigenvalue weighted by Gasteiger charge is -2.14. The predicted octanol–water partition coefficient (Wildman–Crippen LogP) is 7.04. The van der Waals surface area contributed by atoms with Crippen LogP contribution in [0.25, 0.3) is 21.5 Å². The lowest BCUT2D eigenvalue weighted by molar-refractivity contribution is 0.810. The maximum absolute atomic E-state index is 4.98. The molecule has 1 unspecified atom stereocenters. The number of aromatic nitrogens is 1. The van der Waals surface area contributed by atoms with Crippen LogP contribution in [0.5, 0.6) is 0 Å². The van der Waals surface area contributed by atoms with E-state index >= 15 is 0 Å². The molecular weight excluding hydrogens is 487 g/mol. The second kappa shape index (κ2) is 11.5. The molecule has 5 aromatic rings. The second-order valence-corrected chi connectivity index (χ2v) is 10.1. The van der Waals surface area contributed by atoms with Gasteiger partial charge >= 0.3 is 0 Å². The molecule has 0 saturated carbocycles. The van der Waals surface area contributed by atoms with Crippen LogP contribution < -0.4 is 0 Å². The molecule has 0 amide bonds. The van der Waals surface area contributed by atoms with Gasteiger partial charge in [0.15, 0.2) is 11.7 Å². The predicted molar refractivity (Wildman–Crippen MR) is 172 cm³/mol. The first kappa shape index (κ1) is 25.4. The zero-order valence-electron chi connectivity index (χ0n) is 22.5. The van der Waals surface area contributed by atoms with E-state index in [2.05, 4.69) is 105 Å². The molecule has 4 nitrogen and oxygen atoms in total. The number of hydrogen-bond donors (Lipinski definition) is 0. The van der Waals surface area contributed by atoms with Crippen LogP contribution >= 0.6 is 0 Å². The molecule has 0 spiro atoms. The van der Waals surface area contributed by atoms with Crippen molar-refractivity contribution in [3.05, 3.63) is 149 Å². The van der Waals surface area contributed by atoms with Crippen molar-refractivity contribution in [3.63, 3.8) is 0 Å². The van der Waals surface area contributed by atoms with Crippen molar-refractivity contribution in [2.24, 2.45) is 15.0 Å². The molecule has 0 bridgehead atoms. The third-order valence-corrected chi connectivity index (χ3v) is 7.30. The van der Waals surface area contributed by atoms with Crippen molar-refractivity contribution in [1.29, 1.82) is 0 Å². The number of allylic oxidation sites excluding steroid dienone is 4. The molecular formula is C35H29BN4. The van der Waals surface area contributed by atoms with E-state index in [9.17, 15) is 0 Å². The Kier molecular flexibility index (Phi) is 7.27. The van der Waals surface area contributed by atoms with E-state index in [1.165, 1.54) is 16.2 Å². The summed E-state index contributed by atoms with van der Waals surface area (Å²) < 4.78 is 0. The zero-order valence-corrected chi connectivity index (χ0v) is 22.5. The molecule has 4 aromatic carbocycles. The van der Waals surface area contributed by atoms with Crippen molar-refractivity contribution in [3.8, 4) is 0 Å². The summed E-state index contributed by atoms with van der Waals surface area (Å²) in [6.07, 6.45) is 9.58. The maximum Gasteiger partial charge on any atom is 0.161 e. The molecule has 6 rings (SSSR count). The summed E-state index contributed by atoms with van der Waals surface area (Å²) in [6.45, 7) is 4.29. The van der Waals surface area contributed by atoms with Gasteiger partial charge in [0, 0.05) is 28.9 Å². The minimum Gasteiger partial charge on any atom is -0.261 e. The minimum absolute atomic E-state index is 0.321. The van der Waals surface area contributed by atoms with Gasteiger partial charge in [0.1, 0.15) is 7.85 Å². The molecule has 0 radical (unpaired) electrons. The van der Waals surface area contributed by atoms with Crippen molar-refractivity contribution >= 4 is 47.8 Å². The van der Waals surface area contributed by atoms with Crippen LogP contribution in [0.15, 0.2) is 142 Å². The van der Waals surface area contributed by atoms with Gasteiger partial charge in [-0.2, -0.15) is 0 Å². The highest BCUT2D eigenvalue weighted by atomic mass is 15.0. The van der Waals surface area contributed by atoms with Crippen molar-refractivity contribution in [1.82, 2.24) is 4.98 Å². The summed E-state index contributed by atoms with van der Waals surface area (Å²) in [7, 11) is 2.13. The van der Waals surface area contributed by atoms with Crippen LogP contribution in [0, 0.1) is 0 Å². The molecule has 1 aliphatic carbocycles. The first-order chi connectivity index (χ1) is 19.7. The largest absolute Gasteiger partial charge is 0.261 e. The summed E-state index contributed by atoms with van der Waals surface area (Å²) in [4.78, 5) is 19.0. The van der Waals surface area contributed by atoms with E-state index in [0.717, 1.165) is 39.6 Å². The Morgan fingerprint density at radius 1 is 0.800 bits per heavy atom. The zero-order chi connectivity index (χ0) is 27.3. The lowest BCUT2D eigenvalue weighted by atomic mass is 9.85. The standard InChI is InChI=1S/C35H29BN4/c1-37-34(30-13-11-25-6-2-4-8-28(25)20-30)40-35(31-14-12-26-7-3-5-9-29(26)21-31)39-23-24-10-19-33(38-22-24)27-15-17-32(36)18-16-27/h2-15,17-22,27H,1,16,23,36H2/b39-35-,40-34-. The van der Waals surface area contributed by atoms with Gasteiger partial charge < -0.3 is 0 Å². The average molecular weight is 516 g/mol. The average Bonchev–Trinajstić information content (AvgIpc) is 3.01. The molecule has 0 N–H and O–H groups in total. The Morgan fingerprint density at radius 3 is 2.02 bits per heavy atom. The van der Waals surface area contributed by atoms with Gasteiger partial charge in [0.25, 0.3) is 0 Å². The van der Waals surface area contributed by atoms with E-state index < -0.39 is 0 Å². The lowest BCUT2D eigenvalue weighted by Crippen LogP contribution is -2.06. The molecule has 0 aliphatic heterocycles. The second-order valence-electron chi connectivity index (χ2n) is 10.1. The number of benzene rings is 4. The monoisotopic (exact) mass is 516 g/mol. The van der Waals surface area contributed by atoms with Gasteiger partial charge in [-0.05, 0) is 58.4 Å². The summed E-state index contributed by atoms with van der Waals surface area (Å²) in [5.41, 5.74) is 5.25. The van der Waals surface area contributed by atoms with E-state index in [4.69, 9.17) is 15.0 Å². The molecule has 1 atom stereocenters. The normalized spacial score (nSPS) is 15.8. The molecule has 40 heavy (non-hydrogen) atoms. The first-order valence-corrected chi connectivity index (χ1v) is 13.5. The van der Waals surface area contributed by atoms with Gasteiger partial charge in [0.05, 0.1) is 6.54 Å². The summed E-state index contributed by atoms with van der Waals surface area (Å²) in [6, 6.07) is 33.3. The molecule has 1 aliphatic rings. The minimum atomic E-state index is 0.321. The van der Waals surface area contributed by atoms with E-state index in [1.54, 1.807) is 0 Å². The molecule has 0 fully saturated rings. The Balaban J connectivity index is 1.35. The van der Waals surface area contributed by atoms with Crippen molar-refractivity contribution in [2.75, 3.05) is 0 Å². The maximum atomic E-state index is 4.98. The number of fused-ring (bicyclic) bond motifs is 2. The Morgan fingerprint density at radius 2 is 1.45 bits per heavy atom. The number of hydrogen-bond acceptors (Lipinski definition) is 2. The van der Waals surface area contributed by atoms with Gasteiger partial charge in [-0.25, -0.2) is 9.98 Å². The van der Waals surface area contributed by atoms with E-state index in [-0.39, 0.29) is 0 Å². The van der Waals surface area contributed by atoms with Crippen LogP contribution in [-0.2, 0) is 6.54 Å². The highest BCUT2D eigenvalue weighted by molar-refractivity contribution is 6.23. The van der Waals surface area contributed by atoms with Gasteiger partial charge in [-0.3, -0.25) is 9.98 Å². The van der Waals surface area contributed by atoms with Crippen LogP contribution in [-0.4, -0.2) is 31.2 Å². The van der Waals surface area contributed by atoms with Crippen LogP contribution in [0.3, 0.4) is 0 Å².